The van der Waals surface area contributed by atoms with E-state index in [1.807, 2.05) is 0 Å². The Balaban J connectivity index is 1.53. The molecule has 0 bridgehead atoms. The van der Waals surface area contributed by atoms with E-state index in [0.29, 0.717) is 19.5 Å². The number of hydrogen-bond acceptors (Lipinski definition) is 5. The van der Waals surface area contributed by atoms with Crippen LogP contribution in [-0.2, 0) is 17.8 Å². The lowest BCUT2D eigenvalue weighted by Crippen LogP contribution is -2.37. The molecule has 2 aromatic rings. The smallest absolute Gasteiger partial charge is 0.220 e. The first kappa shape index (κ1) is 15.6. The van der Waals surface area contributed by atoms with Crippen LogP contribution in [0.2, 0.25) is 0 Å². The van der Waals surface area contributed by atoms with E-state index in [4.69, 9.17) is 0 Å². The molecule has 2 heterocycles. The van der Waals surface area contributed by atoms with Crippen LogP contribution in [0.4, 0.5) is 0 Å². The van der Waals surface area contributed by atoms with Gasteiger partial charge in [0.15, 0.2) is 0 Å². The maximum Gasteiger partial charge on any atom is 0.220 e. The fraction of sp³-hybridized carbons (Fsp3) is 0.667. The highest BCUT2D eigenvalue weighted by molar-refractivity contribution is 5.76. The molecule has 1 amide bonds. The van der Waals surface area contributed by atoms with Gasteiger partial charge in [-0.05, 0) is 28.7 Å². The minimum absolute atomic E-state index is 0.0221. The third-order valence-electron chi connectivity index (χ3n) is 4.61. The number of nitrogens with one attached hydrogen (secondary N) is 2. The van der Waals surface area contributed by atoms with Crippen molar-refractivity contribution in [3.8, 4) is 0 Å². The van der Waals surface area contributed by atoms with Crippen LogP contribution in [0.1, 0.15) is 44.2 Å². The molecule has 0 unspecified atom stereocenters. The lowest BCUT2D eigenvalue weighted by molar-refractivity contribution is -0.124. The predicted octanol–water partition coefficient (Wildman–Crippen LogP) is 1.10. The third-order valence-corrected chi connectivity index (χ3v) is 4.61. The van der Waals surface area contributed by atoms with E-state index in [2.05, 4.69) is 30.8 Å². The van der Waals surface area contributed by atoms with Gasteiger partial charge in [-0.15, -0.1) is 5.10 Å². The lowest BCUT2D eigenvalue weighted by atomic mass is 9.71. The summed E-state index contributed by atoms with van der Waals surface area (Å²) in [6, 6.07) is 0. The molecule has 0 atom stereocenters. The maximum absolute atomic E-state index is 12.4. The Labute approximate surface area is 135 Å². The van der Waals surface area contributed by atoms with Crippen LogP contribution in [-0.4, -0.2) is 42.6 Å². The third kappa shape index (κ3) is 4.37. The van der Waals surface area contributed by atoms with Gasteiger partial charge in [-0.3, -0.25) is 4.79 Å². The van der Waals surface area contributed by atoms with Crippen molar-refractivity contribution in [1.82, 2.24) is 35.5 Å². The van der Waals surface area contributed by atoms with E-state index in [1.165, 1.54) is 19.3 Å². The molecule has 2 aromatic heterocycles. The predicted molar refractivity (Wildman–Crippen MR) is 83.3 cm³/mol. The summed E-state index contributed by atoms with van der Waals surface area (Å²) in [5.41, 5.74) is 1.01. The first-order valence-corrected chi connectivity index (χ1v) is 8.21. The van der Waals surface area contributed by atoms with Crippen molar-refractivity contribution in [3.05, 3.63) is 24.5 Å². The van der Waals surface area contributed by atoms with Gasteiger partial charge in [-0.2, -0.15) is 0 Å². The number of carbonyl (C=O) groups is 1. The number of nitrogens with zero attached hydrogens (tertiary/aromatic N) is 5. The van der Waals surface area contributed by atoms with Gasteiger partial charge < -0.3 is 10.3 Å². The molecule has 124 valence electrons. The summed E-state index contributed by atoms with van der Waals surface area (Å²) in [6.45, 7) is 1.34. The van der Waals surface area contributed by atoms with Crippen molar-refractivity contribution in [2.24, 2.45) is 5.41 Å². The molecule has 1 fully saturated rings. The van der Waals surface area contributed by atoms with E-state index < -0.39 is 0 Å². The second-order valence-corrected chi connectivity index (χ2v) is 6.42. The molecule has 23 heavy (non-hydrogen) atoms. The molecule has 0 spiro atoms. The molecule has 0 aromatic carbocycles. The molecular formula is C15H23N7O. The zero-order chi connectivity index (χ0) is 16.0. The Bertz CT molecular complexity index is 587. The number of aromatic nitrogens is 6. The van der Waals surface area contributed by atoms with Crippen LogP contribution < -0.4 is 5.32 Å². The minimum Gasteiger partial charge on any atom is -0.356 e. The average molecular weight is 317 g/mol. The minimum atomic E-state index is -0.0221. The average Bonchev–Trinajstić information content (AvgIpc) is 3.21. The number of carbonyl (C=O) groups excluding carboxylic acids is 1. The van der Waals surface area contributed by atoms with E-state index >= 15 is 0 Å². The monoisotopic (exact) mass is 317 g/mol. The topological polar surface area (TPSA) is 101 Å². The Hall–Kier alpha value is -2.25. The first-order chi connectivity index (χ1) is 11.3. The molecule has 0 radical (unpaired) electrons. The number of imidazole rings is 1. The van der Waals surface area contributed by atoms with Crippen molar-refractivity contribution in [2.75, 3.05) is 6.54 Å². The zero-order valence-electron chi connectivity index (χ0n) is 13.2. The molecule has 3 rings (SSSR count). The number of amides is 1. The molecule has 0 saturated heterocycles. The van der Waals surface area contributed by atoms with Crippen LogP contribution in [0.3, 0.4) is 0 Å². The number of tetrazole rings is 1. The standard InChI is InChI=1S/C15H23N7O/c23-14(17-7-4-13-9-16-11-18-13)8-15(5-2-1-3-6-15)10-22-12-19-20-21-22/h9,11-12H,1-8,10H2,(H,16,18)(H,17,23). The van der Waals surface area contributed by atoms with E-state index in [1.54, 1.807) is 23.5 Å². The number of hydrogen-bond donors (Lipinski definition) is 2. The highest BCUT2D eigenvalue weighted by Gasteiger charge is 2.35. The number of rotatable bonds is 7. The van der Waals surface area contributed by atoms with E-state index in [-0.39, 0.29) is 11.3 Å². The summed E-state index contributed by atoms with van der Waals surface area (Å²) in [5.74, 6) is 0.111. The lowest BCUT2D eigenvalue weighted by Gasteiger charge is -2.36. The van der Waals surface area contributed by atoms with Crippen molar-refractivity contribution >= 4 is 5.91 Å². The van der Waals surface area contributed by atoms with Crippen LogP contribution in [0, 0.1) is 5.41 Å². The normalized spacial score (nSPS) is 17.0. The second-order valence-electron chi connectivity index (χ2n) is 6.42. The van der Waals surface area contributed by atoms with Gasteiger partial charge in [-0.25, -0.2) is 9.67 Å². The van der Waals surface area contributed by atoms with E-state index in [0.717, 1.165) is 25.0 Å². The van der Waals surface area contributed by atoms with Gasteiger partial charge in [-0.1, -0.05) is 19.3 Å². The summed E-state index contributed by atoms with van der Waals surface area (Å²) < 4.78 is 1.75. The fourth-order valence-electron chi connectivity index (χ4n) is 3.45. The Morgan fingerprint density at radius 2 is 2.22 bits per heavy atom. The van der Waals surface area contributed by atoms with Crippen molar-refractivity contribution in [1.29, 1.82) is 0 Å². The van der Waals surface area contributed by atoms with Gasteiger partial charge in [0.25, 0.3) is 0 Å². The first-order valence-electron chi connectivity index (χ1n) is 8.21. The molecule has 0 aliphatic heterocycles. The van der Waals surface area contributed by atoms with Crippen LogP contribution in [0.5, 0.6) is 0 Å². The summed E-state index contributed by atoms with van der Waals surface area (Å²) in [4.78, 5) is 19.4. The molecule has 1 saturated carbocycles. The summed E-state index contributed by atoms with van der Waals surface area (Å²) in [6.07, 6.45) is 12.1. The Kier molecular flexibility index (Phi) is 4.99. The van der Waals surface area contributed by atoms with Crippen molar-refractivity contribution < 1.29 is 4.79 Å². The highest BCUT2D eigenvalue weighted by atomic mass is 16.1. The Morgan fingerprint density at radius 1 is 1.35 bits per heavy atom. The van der Waals surface area contributed by atoms with Crippen molar-refractivity contribution in [3.63, 3.8) is 0 Å². The second kappa shape index (κ2) is 7.34. The van der Waals surface area contributed by atoms with Gasteiger partial charge in [0, 0.05) is 31.3 Å². The van der Waals surface area contributed by atoms with Crippen LogP contribution in [0.25, 0.3) is 0 Å². The highest BCUT2D eigenvalue weighted by Crippen LogP contribution is 2.40. The molecule has 1 aliphatic carbocycles. The van der Waals surface area contributed by atoms with Crippen LogP contribution >= 0.6 is 0 Å². The molecule has 8 nitrogen and oxygen atoms in total. The molecular weight excluding hydrogens is 294 g/mol. The largest absolute Gasteiger partial charge is 0.356 e. The molecule has 8 heteroatoms. The quantitative estimate of drug-likeness (QED) is 0.796. The summed E-state index contributed by atoms with van der Waals surface area (Å²) in [5, 5.41) is 14.4. The zero-order valence-corrected chi connectivity index (χ0v) is 13.2. The molecule has 2 N–H and O–H groups in total. The SMILES string of the molecule is O=C(CC1(Cn2cnnn2)CCCCC1)NCCc1cnc[nH]1. The van der Waals surface area contributed by atoms with Gasteiger partial charge in [0.05, 0.1) is 12.9 Å². The number of aromatic amines is 1. The maximum atomic E-state index is 12.4. The summed E-state index contributed by atoms with van der Waals surface area (Å²) >= 11 is 0. The number of H-pyrrole nitrogens is 1. The van der Waals surface area contributed by atoms with Crippen LogP contribution in [0.15, 0.2) is 18.9 Å². The van der Waals surface area contributed by atoms with Gasteiger partial charge >= 0.3 is 0 Å². The Morgan fingerprint density at radius 3 is 2.91 bits per heavy atom. The van der Waals surface area contributed by atoms with Gasteiger partial charge in [0.2, 0.25) is 5.91 Å². The van der Waals surface area contributed by atoms with Gasteiger partial charge in [0.1, 0.15) is 6.33 Å². The van der Waals surface area contributed by atoms with E-state index in [9.17, 15) is 4.79 Å². The fourth-order valence-corrected chi connectivity index (χ4v) is 3.45. The van der Waals surface area contributed by atoms with Crippen molar-refractivity contribution in [2.45, 2.75) is 51.5 Å². The molecule has 1 aliphatic rings. The summed E-state index contributed by atoms with van der Waals surface area (Å²) in [7, 11) is 0.